The van der Waals surface area contributed by atoms with Gasteiger partial charge in [0.15, 0.2) is 0 Å². The topological polar surface area (TPSA) is 66.6 Å². The number of carbonyl (C=O) groups excluding carboxylic acids is 1. The number of phenolic OH excluding ortho intramolecular Hbond substituents is 1. The second-order valence-electron chi connectivity index (χ2n) is 5.26. The monoisotopic (exact) mass is 262 g/mol. The summed E-state index contributed by atoms with van der Waals surface area (Å²) in [4.78, 5) is 14.2. The van der Waals surface area contributed by atoms with Gasteiger partial charge < -0.3 is 15.7 Å². The van der Waals surface area contributed by atoms with Gasteiger partial charge in [-0.3, -0.25) is 4.79 Å². The minimum Gasteiger partial charge on any atom is -0.508 e. The van der Waals surface area contributed by atoms with E-state index in [2.05, 4.69) is 0 Å². The van der Waals surface area contributed by atoms with Gasteiger partial charge in [-0.05, 0) is 37.0 Å². The summed E-state index contributed by atoms with van der Waals surface area (Å²) in [6.07, 6.45) is 3.76. The Morgan fingerprint density at radius 2 is 2.26 bits per heavy atom. The fraction of sp³-hybridized carbons (Fsp3) is 0.533. The Balaban J connectivity index is 2.06. The lowest BCUT2D eigenvalue weighted by molar-refractivity contribution is -0.134. The largest absolute Gasteiger partial charge is 0.508 e. The number of aromatic hydroxyl groups is 1. The van der Waals surface area contributed by atoms with Gasteiger partial charge in [-0.1, -0.05) is 25.5 Å². The molecule has 0 heterocycles. The van der Waals surface area contributed by atoms with Crippen molar-refractivity contribution >= 4 is 5.91 Å². The molecule has 0 radical (unpaired) electrons. The molecule has 1 atom stereocenters. The van der Waals surface area contributed by atoms with Crippen LogP contribution in [0.1, 0.15) is 38.2 Å². The molecule has 2 rings (SSSR count). The molecule has 4 heteroatoms. The van der Waals surface area contributed by atoms with Gasteiger partial charge in [0.25, 0.3) is 0 Å². The second kappa shape index (κ2) is 6.06. The van der Waals surface area contributed by atoms with Gasteiger partial charge in [-0.25, -0.2) is 0 Å². The molecule has 0 unspecified atom stereocenters. The number of rotatable bonds is 6. The number of phenols is 1. The molecule has 1 fully saturated rings. The van der Waals surface area contributed by atoms with E-state index < -0.39 is 6.04 Å². The van der Waals surface area contributed by atoms with Crippen LogP contribution in [-0.4, -0.2) is 28.0 Å². The first-order valence-corrected chi connectivity index (χ1v) is 6.95. The van der Waals surface area contributed by atoms with Crippen LogP contribution in [0.5, 0.6) is 5.75 Å². The molecule has 4 nitrogen and oxygen atoms in total. The Morgan fingerprint density at radius 3 is 2.84 bits per heavy atom. The van der Waals surface area contributed by atoms with Crippen molar-refractivity contribution in [2.75, 3.05) is 0 Å². The summed E-state index contributed by atoms with van der Waals surface area (Å²) in [6, 6.07) is 6.99. The van der Waals surface area contributed by atoms with Crippen LogP contribution in [0, 0.1) is 0 Å². The van der Waals surface area contributed by atoms with E-state index in [0.29, 0.717) is 12.6 Å². The van der Waals surface area contributed by atoms with Crippen molar-refractivity contribution in [3.63, 3.8) is 0 Å². The van der Waals surface area contributed by atoms with Crippen LogP contribution >= 0.6 is 0 Å². The zero-order valence-electron chi connectivity index (χ0n) is 11.4. The molecule has 1 aliphatic carbocycles. The van der Waals surface area contributed by atoms with E-state index in [1.54, 1.807) is 18.2 Å². The van der Waals surface area contributed by atoms with E-state index in [1.165, 1.54) is 0 Å². The lowest BCUT2D eigenvalue weighted by Crippen LogP contribution is -2.44. The zero-order valence-corrected chi connectivity index (χ0v) is 11.4. The summed E-state index contributed by atoms with van der Waals surface area (Å²) in [6.45, 7) is 2.57. The number of hydrogen-bond donors (Lipinski definition) is 2. The van der Waals surface area contributed by atoms with Crippen LogP contribution in [0.25, 0.3) is 0 Å². The highest BCUT2D eigenvalue weighted by atomic mass is 16.3. The summed E-state index contributed by atoms with van der Waals surface area (Å²) < 4.78 is 0. The first-order valence-electron chi connectivity index (χ1n) is 6.95. The summed E-state index contributed by atoms with van der Waals surface area (Å²) in [5.74, 6) is 0.270. The predicted octanol–water partition coefficient (Wildman–Crippen LogP) is 2.01. The number of hydrogen-bond acceptors (Lipinski definition) is 3. The van der Waals surface area contributed by atoms with Crippen LogP contribution in [0.15, 0.2) is 24.3 Å². The highest BCUT2D eigenvalue weighted by Crippen LogP contribution is 2.29. The molecule has 1 aromatic rings. The maximum absolute atomic E-state index is 12.3. The Labute approximate surface area is 114 Å². The van der Waals surface area contributed by atoms with Gasteiger partial charge in [-0.15, -0.1) is 0 Å². The van der Waals surface area contributed by atoms with Crippen molar-refractivity contribution in [2.24, 2.45) is 5.73 Å². The number of nitrogens with zero attached hydrogens (tertiary/aromatic N) is 1. The van der Waals surface area contributed by atoms with E-state index in [4.69, 9.17) is 5.73 Å². The number of nitrogens with two attached hydrogens (primary N) is 1. The smallest absolute Gasteiger partial charge is 0.240 e. The van der Waals surface area contributed by atoms with Crippen molar-refractivity contribution in [3.05, 3.63) is 29.8 Å². The first kappa shape index (κ1) is 13.9. The molecule has 1 aliphatic rings. The fourth-order valence-electron chi connectivity index (χ4n) is 2.27. The molecule has 0 aromatic heterocycles. The standard InChI is InChI=1S/C15H22N2O2/c1-2-4-14(16)15(19)17(12-7-8-12)10-11-5-3-6-13(18)9-11/h3,5-6,9,12,14,18H,2,4,7-8,10,16H2,1H3/t14-/m0/s1. The molecule has 19 heavy (non-hydrogen) atoms. The van der Waals surface area contributed by atoms with Crippen molar-refractivity contribution in [3.8, 4) is 5.75 Å². The van der Waals surface area contributed by atoms with Crippen molar-refractivity contribution in [2.45, 2.75) is 51.2 Å². The molecule has 1 aromatic carbocycles. The Kier molecular flexibility index (Phi) is 4.43. The highest BCUT2D eigenvalue weighted by molar-refractivity contribution is 5.82. The molecular formula is C15H22N2O2. The lowest BCUT2D eigenvalue weighted by atomic mass is 10.1. The minimum atomic E-state index is -0.400. The first-order chi connectivity index (χ1) is 9.11. The number of amides is 1. The van der Waals surface area contributed by atoms with Crippen LogP contribution in [0.2, 0.25) is 0 Å². The quantitative estimate of drug-likeness (QED) is 0.824. The molecule has 1 amide bonds. The van der Waals surface area contributed by atoms with Crippen LogP contribution < -0.4 is 5.73 Å². The normalized spacial score (nSPS) is 16.1. The summed E-state index contributed by atoms with van der Waals surface area (Å²) >= 11 is 0. The minimum absolute atomic E-state index is 0.0349. The van der Waals surface area contributed by atoms with E-state index in [0.717, 1.165) is 31.2 Å². The van der Waals surface area contributed by atoms with E-state index in [1.807, 2.05) is 17.9 Å². The van der Waals surface area contributed by atoms with Crippen LogP contribution in [0.3, 0.4) is 0 Å². The Hall–Kier alpha value is -1.55. The Morgan fingerprint density at radius 1 is 1.53 bits per heavy atom. The van der Waals surface area contributed by atoms with Crippen molar-refractivity contribution < 1.29 is 9.90 Å². The third-order valence-electron chi connectivity index (χ3n) is 3.45. The molecular weight excluding hydrogens is 240 g/mol. The summed E-state index contributed by atoms with van der Waals surface area (Å²) in [5.41, 5.74) is 6.89. The molecule has 0 aliphatic heterocycles. The van der Waals surface area contributed by atoms with Crippen molar-refractivity contribution in [1.82, 2.24) is 4.90 Å². The van der Waals surface area contributed by atoms with E-state index in [9.17, 15) is 9.90 Å². The van der Waals surface area contributed by atoms with Gasteiger partial charge >= 0.3 is 0 Å². The zero-order chi connectivity index (χ0) is 13.8. The van der Waals surface area contributed by atoms with Gasteiger partial charge in [0, 0.05) is 12.6 Å². The average Bonchev–Trinajstić information content (AvgIpc) is 3.20. The average molecular weight is 262 g/mol. The molecule has 0 spiro atoms. The maximum atomic E-state index is 12.3. The summed E-state index contributed by atoms with van der Waals surface area (Å²) in [7, 11) is 0. The fourth-order valence-corrected chi connectivity index (χ4v) is 2.27. The van der Waals surface area contributed by atoms with E-state index >= 15 is 0 Å². The predicted molar refractivity (Wildman–Crippen MR) is 74.6 cm³/mol. The van der Waals surface area contributed by atoms with Gasteiger partial charge in [0.05, 0.1) is 6.04 Å². The molecule has 1 saturated carbocycles. The van der Waals surface area contributed by atoms with Crippen LogP contribution in [0.4, 0.5) is 0 Å². The third-order valence-corrected chi connectivity index (χ3v) is 3.45. The number of benzene rings is 1. The molecule has 0 saturated heterocycles. The van der Waals surface area contributed by atoms with Gasteiger partial charge in [-0.2, -0.15) is 0 Å². The number of carbonyl (C=O) groups is 1. The van der Waals surface area contributed by atoms with Gasteiger partial charge in [0.2, 0.25) is 5.91 Å². The summed E-state index contributed by atoms with van der Waals surface area (Å²) in [5, 5.41) is 9.48. The van der Waals surface area contributed by atoms with Gasteiger partial charge in [0.1, 0.15) is 5.75 Å². The maximum Gasteiger partial charge on any atom is 0.240 e. The van der Waals surface area contributed by atoms with E-state index in [-0.39, 0.29) is 11.7 Å². The molecule has 0 bridgehead atoms. The SMILES string of the molecule is CCC[C@H](N)C(=O)N(Cc1cccc(O)c1)C1CC1. The highest BCUT2D eigenvalue weighted by Gasteiger charge is 2.34. The second-order valence-corrected chi connectivity index (χ2v) is 5.26. The Bertz CT molecular complexity index is 444. The molecule has 3 N–H and O–H groups in total. The third kappa shape index (κ3) is 3.70. The van der Waals surface area contributed by atoms with Crippen molar-refractivity contribution in [1.29, 1.82) is 0 Å². The molecule has 104 valence electrons. The van der Waals surface area contributed by atoms with Crippen LogP contribution in [-0.2, 0) is 11.3 Å². The lowest BCUT2D eigenvalue weighted by Gasteiger charge is -2.25.